The van der Waals surface area contributed by atoms with Crippen molar-refractivity contribution in [1.29, 1.82) is 0 Å². The van der Waals surface area contributed by atoms with Crippen molar-refractivity contribution in [2.45, 2.75) is 39.7 Å². The molecule has 0 spiro atoms. The van der Waals surface area contributed by atoms with E-state index in [2.05, 4.69) is 0 Å². The van der Waals surface area contributed by atoms with Gasteiger partial charge >= 0.3 is 5.97 Å². The fraction of sp³-hybridized carbons (Fsp3) is 0.318. The number of aryl methyl sites for hydroxylation is 2. The van der Waals surface area contributed by atoms with E-state index in [1.807, 2.05) is 26.0 Å². The second-order valence-electron chi connectivity index (χ2n) is 6.91. The minimum Gasteiger partial charge on any atom is -0.451 e. The first kappa shape index (κ1) is 18.8. The summed E-state index contributed by atoms with van der Waals surface area (Å²) in [6.07, 6.45) is 0.447. The number of Topliss-reactive ketones (excluding diaryl/α,β-unsaturated/α-hetero) is 1. The van der Waals surface area contributed by atoms with Crippen molar-refractivity contribution < 1.29 is 19.1 Å². The summed E-state index contributed by atoms with van der Waals surface area (Å²) in [6.45, 7) is 6.14. The van der Waals surface area contributed by atoms with E-state index in [0.29, 0.717) is 29.8 Å². The van der Waals surface area contributed by atoms with Crippen LogP contribution in [0.4, 0.5) is 5.69 Å². The van der Waals surface area contributed by atoms with Gasteiger partial charge in [0.2, 0.25) is 11.7 Å². The van der Waals surface area contributed by atoms with Crippen LogP contribution < -0.4 is 4.90 Å². The fourth-order valence-electron chi connectivity index (χ4n) is 3.13. The van der Waals surface area contributed by atoms with Crippen molar-refractivity contribution in [3.63, 3.8) is 0 Å². The van der Waals surface area contributed by atoms with Crippen LogP contribution in [-0.4, -0.2) is 30.3 Å². The topological polar surface area (TPSA) is 63.7 Å². The molecular formula is C22H23NO4. The Morgan fingerprint density at radius 3 is 2.48 bits per heavy atom. The Balaban J connectivity index is 1.71. The fourth-order valence-corrected chi connectivity index (χ4v) is 3.13. The first-order chi connectivity index (χ1) is 12.9. The molecular weight excluding hydrogens is 342 g/mol. The third-order valence-electron chi connectivity index (χ3n) is 4.91. The highest BCUT2D eigenvalue weighted by Gasteiger charge is 2.24. The van der Waals surface area contributed by atoms with Gasteiger partial charge in [-0.05, 0) is 62.6 Å². The number of ether oxygens (including phenoxy) is 1. The van der Waals surface area contributed by atoms with Crippen LogP contribution in [0.3, 0.4) is 0 Å². The summed E-state index contributed by atoms with van der Waals surface area (Å²) < 4.78 is 5.38. The zero-order chi connectivity index (χ0) is 19.6. The summed E-state index contributed by atoms with van der Waals surface area (Å²) in [6, 6.07) is 12.2. The molecule has 1 fully saturated rings. The predicted molar refractivity (Wildman–Crippen MR) is 103 cm³/mol. The van der Waals surface area contributed by atoms with Crippen molar-refractivity contribution in [2.24, 2.45) is 0 Å². The highest BCUT2D eigenvalue weighted by molar-refractivity contribution is 6.02. The van der Waals surface area contributed by atoms with Crippen molar-refractivity contribution in [2.75, 3.05) is 11.4 Å². The molecule has 1 heterocycles. The minimum atomic E-state index is -0.892. The quantitative estimate of drug-likeness (QED) is 0.596. The first-order valence-corrected chi connectivity index (χ1v) is 9.09. The van der Waals surface area contributed by atoms with E-state index in [1.54, 1.807) is 42.2 Å². The van der Waals surface area contributed by atoms with Crippen LogP contribution in [0, 0.1) is 13.8 Å². The summed E-state index contributed by atoms with van der Waals surface area (Å²) in [7, 11) is 0. The zero-order valence-electron chi connectivity index (χ0n) is 15.8. The van der Waals surface area contributed by atoms with Gasteiger partial charge in [0.1, 0.15) is 0 Å². The molecule has 0 aromatic heterocycles. The van der Waals surface area contributed by atoms with Crippen molar-refractivity contribution in [1.82, 2.24) is 0 Å². The second kappa shape index (κ2) is 7.74. The van der Waals surface area contributed by atoms with E-state index in [9.17, 15) is 14.4 Å². The highest BCUT2D eigenvalue weighted by Crippen LogP contribution is 2.23. The molecule has 0 bridgehead atoms. The molecule has 0 radical (unpaired) electrons. The van der Waals surface area contributed by atoms with Gasteiger partial charge < -0.3 is 9.64 Å². The number of hydrogen-bond acceptors (Lipinski definition) is 4. The molecule has 1 amide bonds. The summed E-state index contributed by atoms with van der Waals surface area (Å²) >= 11 is 0. The molecule has 0 aliphatic carbocycles. The molecule has 1 atom stereocenters. The van der Waals surface area contributed by atoms with Crippen LogP contribution in [0.5, 0.6) is 0 Å². The van der Waals surface area contributed by atoms with Gasteiger partial charge in [0, 0.05) is 24.2 Å². The smallest absolute Gasteiger partial charge is 0.338 e. The number of hydrogen-bond donors (Lipinski definition) is 0. The third kappa shape index (κ3) is 4.08. The third-order valence-corrected chi connectivity index (χ3v) is 4.91. The number of carbonyl (C=O) groups is 3. The van der Waals surface area contributed by atoms with Crippen LogP contribution in [0.2, 0.25) is 0 Å². The number of nitrogens with zero attached hydrogens (tertiary/aromatic N) is 1. The molecule has 2 aromatic carbocycles. The predicted octanol–water partition coefficient (Wildman–Crippen LogP) is 3.86. The number of carbonyl (C=O) groups excluding carboxylic acids is 3. The largest absolute Gasteiger partial charge is 0.451 e. The molecule has 5 nitrogen and oxygen atoms in total. The monoisotopic (exact) mass is 365 g/mol. The SMILES string of the molecule is Cc1ccc(C(=O)[C@H](C)OC(=O)c2cccc(N3CCCC3=O)c2)cc1C. The lowest BCUT2D eigenvalue weighted by molar-refractivity contribution is -0.117. The second-order valence-corrected chi connectivity index (χ2v) is 6.91. The Morgan fingerprint density at radius 1 is 1.04 bits per heavy atom. The standard InChI is InChI=1S/C22H23NO4/c1-14-9-10-17(12-15(14)2)21(25)16(3)27-22(26)18-6-4-7-19(13-18)23-11-5-8-20(23)24/h4,6-7,9-10,12-13,16H,5,8,11H2,1-3H3/t16-/m0/s1. The normalized spacial score (nSPS) is 14.9. The van der Waals surface area contributed by atoms with E-state index in [0.717, 1.165) is 17.5 Å². The van der Waals surface area contributed by atoms with Crippen LogP contribution in [-0.2, 0) is 9.53 Å². The first-order valence-electron chi connectivity index (χ1n) is 9.09. The van der Waals surface area contributed by atoms with E-state index < -0.39 is 12.1 Å². The average Bonchev–Trinajstić information content (AvgIpc) is 3.09. The molecule has 1 aliphatic heterocycles. The molecule has 3 rings (SSSR count). The number of benzene rings is 2. The maximum absolute atomic E-state index is 12.6. The van der Waals surface area contributed by atoms with Gasteiger partial charge in [-0.2, -0.15) is 0 Å². The van der Waals surface area contributed by atoms with Gasteiger partial charge in [0.15, 0.2) is 6.10 Å². The number of anilines is 1. The molecule has 27 heavy (non-hydrogen) atoms. The van der Waals surface area contributed by atoms with Gasteiger partial charge in [0.25, 0.3) is 0 Å². The van der Waals surface area contributed by atoms with Crippen LogP contribution in [0.15, 0.2) is 42.5 Å². The molecule has 1 aliphatic rings. The molecule has 0 unspecified atom stereocenters. The Labute approximate surface area is 158 Å². The van der Waals surface area contributed by atoms with Gasteiger partial charge in [-0.1, -0.05) is 18.2 Å². The summed E-state index contributed by atoms with van der Waals surface area (Å²) in [4.78, 5) is 38.6. The van der Waals surface area contributed by atoms with Gasteiger partial charge in [0.05, 0.1) is 5.56 Å². The Bertz CT molecular complexity index is 903. The summed E-state index contributed by atoms with van der Waals surface area (Å²) in [5.41, 5.74) is 3.65. The number of esters is 1. The van der Waals surface area contributed by atoms with E-state index in [1.165, 1.54) is 0 Å². The van der Waals surface area contributed by atoms with Crippen LogP contribution in [0.1, 0.15) is 51.6 Å². The maximum Gasteiger partial charge on any atom is 0.338 e. The Morgan fingerprint density at radius 2 is 1.81 bits per heavy atom. The molecule has 5 heteroatoms. The minimum absolute atomic E-state index is 0.0544. The molecule has 0 saturated carbocycles. The summed E-state index contributed by atoms with van der Waals surface area (Å²) in [5.74, 6) is -0.760. The summed E-state index contributed by atoms with van der Waals surface area (Å²) in [5, 5.41) is 0. The number of rotatable bonds is 5. The van der Waals surface area contributed by atoms with Crippen molar-refractivity contribution in [3.8, 4) is 0 Å². The van der Waals surface area contributed by atoms with Crippen molar-refractivity contribution in [3.05, 3.63) is 64.7 Å². The molecule has 140 valence electrons. The number of ketones is 1. The van der Waals surface area contributed by atoms with E-state index in [-0.39, 0.29) is 11.7 Å². The highest BCUT2D eigenvalue weighted by atomic mass is 16.5. The van der Waals surface area contributed by atoms with Crippen molar-refractivity contribution >= 4 is 23.3 Å². The maximum atomic E-state index is 12.6. The van der Waals surface area contributed by atoms with Gasteiger partial charge in [-0.3, -0.25) is 9.59 Å². The van der Waals surface area contributed by atoms with Crippen LogP contribution in [0.25, 0.3) is 0 Å². The lowest BCUT2D eigenvalue weighted by Crippen LogP contribution is -2.26. The van der Waals surface area contributed by atoms with E-state index in [4.69, 9.17) is 4.74 Å². The number of amides is 1. The average molecular weight is 365 g/mol. The lowest BCUT2D eigenvalue weighted by atomic mass is 10.0. The zero-order valence-corrected chi connectivity index (χ0v) is 15.8. The molecule has 1 saturated heterocycles. The van der Waals surface area contributed by atoms with Gasteiger partial charge in [-0.25, -0.2) is 4.79 Å². The molecule has 0 N–H and O–H groups in total. The van der Waals surface area contributed by atoms with Gasteiger partial charge in [-0.15, -0.1) is 0 Å². The van der Waals surface area contributed by atoms with E-state index >= 15 is 0 Å². The van der Waals surface area contributed by atoms with Crippen LogP contribution >= 0.6 is 0 Å². The lowest BCUT2D eigenvalue weighted by Gasteiger charge is -2.17. The Kier molecular flexibility index (Phi) is 5.40. The Hall–Kier alpha value is -2.95. The molecule has 2 aromatic rings.